The van der Waals surface area contributed by atoms with Gasteiger partial charge in [0.25, 0.3) is 0 Å². The lowest BCUT2D eigenvalue weighted by molar-refractivity contribution is -0.122. The maximum Gasteiger partial charge on any atom is 0.155 e. The van der Waals surface area contributed by atoms with E-state index >= 15 is 0 Å². The number of rotatable bonds is 5. The van der Waals surface area contributed by atoms with Gasteiger partial charge in [-0.15, -0.1) is 0 Å². The Hall–Kier alpha value is -1.38. The average molecular weight is 263 g/mol. The molecule has 0 aromatic heterocycles. The van der Waals surface area contributed by atoms with E-state index in [4.69, 9.17) is 0 Å². The van der Waals surface area contributed by atoms with Crippen LogP contribution in [0.2, 0.25) is 0 Å². The van der Waals surface area contributed by atoms with Gasteiger partial charge >= 0.3 is 0 Å². The van der Waals surface area contributed by atoms with E-state index in [0.717, 1.165) is 25.7 Å². The first kappa shape index (κ1) is 14.0. The van der Waals surface area contributed by atoms with Gasteiger partial charge < -0.3 is 4.90 Å². The molecule has 2 nitrogen and oxygen atoms in total. The molecule has 0 saturated heterocycles. The van der Waals surface area contributed by atoms with Crippen molar-refractivity contribution >= 4 is 11.5 Å². The average Bonchev–Trinajstić information content (AvgIpc) is 2.46. The van der Waals surface area contributed by atoms with Crippen molar-refractivity contribution in [2.75, 3.05) is 18.0 Å². The van der Waals surface area contributed by atoms with Crippen molar-refractivity contribution in [2.24, 2.45) is 5.92 Å². The zero-order valence-corrected chi connectivity index (χ0v) is 11.6. The summed E-state index contributed by atoms with van der Waals surface area (Å²) in [6.45, 7) is 2.95. The van der Waals surface area contributed by atoms with Crippen LogP contribution in [0.15, 0.2) is 24.3 Å². The molecule has 3 heteroatoms. The summed E-state index contributed by atoms with van der Waals surface area (Å²) in [4.78, 5) is 14.1. The number of nitrogens with zero attached hydrogens (tertiary/aromatic N) is 1. The first-order valence-electron chi connectivity index (χ1n) is 7.24. The maximum absolute atomic E-state index is 13.8. The minimum Gasteiger partial charge on any atom is -0.362 e. The van der Waals surface area contributed by atoms with Gasteiger partial charge in [-0.05, 0) is 31.9 Å². The normalized spacial score (nSPS) is 16.3. The van der Waals surface area contributed by atoms with Crippen LogP contribution >= 0.6 is 0 Å². The lowest BCUT2D eigenvalue weighted by atomic mass is 9.86. The molecule has 0 radical (unpaired) electrons. The highest BCUT2D eigenvalue weighted by Gasteiger charge is 2.23. The third kappa shape index (κ3) is 3.55. The summed E-state index contributed by atoms with van der Waals surface area (Å²) >= 11 is 0. The molecule has 19 heavy (non-hydrogen) atoms. The number of carbonyl (C=O) groups excluding carboxylic acids is 1. The molecule has 0 aliphatic heterocycles. The molecule has 1 aliphatic carbocycles. The van der Waals surface area contributed by atoms with E-state index in [-0.39, 0.29) is 17.5 Å². The number of carbonyl (C=O) groups is 1. The van der Waals surface area contributed by atoms with Gasteiger partial charge in [0.2, 0.25) is 0 Å². The van der Waals surface area contributed by atoms with E-state index in [1.54, 1.807) is 12.1 Å². The summed E-state index contributed by atoms with van der Waals surface area (Å²) in [5.74, 6) is 0.208. The van der Waals surface area contributed by atoms with Gasteiger partial charge in [0.15, 0.2) is 5.78 Å². The molecule has 0 spiro atoms. The summed E-state index contributed by atoms with van der Waals surface area (Å²) < 4.78 is 13.8. The molecule has 104 valence electrons. The van der Waals surface area contributed by atoms with Gasteiger partial charge in [-0.1, -0.05) is 31.4 Å². The number of hydrogen-bond acceptors (Lipinski definition) is 2. The number of Topliss-reactive ketones (excluding diaryl/α,β-unsaturated/α-hetero) is 1. The summed E-state index contributed by atoms with van der Waals surface area (Å²) in [5.41, 5.74) is 0.536. The number of ketones is 1. The molecular formula is C16H22FNO. The van der Waals surface area contributed by atoms with Crippen molar-refractivity contribution in [1.82, 2.24) is 0 Å². The molecule has 1 aliphatic rings. The molecule has 0 atom stereocenters. The Morgan fingerprint density at radius 1 is 1.26 bits per heavy atom. The van der Waals surface area contributed by atoms with Gasteiger partial charge in [0.05, 0.1) is 12.2 Å². The maximum atomic E-state index is 13.8. The molecule has 0 bridgehead atoms. The Morgan fingerprint density at radius 2 is 1.95 bits per heavy atom. The van der Waals surface area contributed by atoms with E-state index in [1.165, 1.54) is 12.5 Å². The number of para-hydroxylation sites is 1. The monoisotopic (exact) mass is 263 g/mol. The molecule has 1 aromatic rings. The van der Waals surface area contributed by atoms with Crippen LogP contribution in [0.3, 0.4) is 0 Å². The van der Waals surface area contributed by atoms with Crippen LogP contribution < -0.4 is 4.90 Å². The van der Waals surface area contributed by atoms with Crippen LogP contribution in [0.5, 0.6) is 0 Å². The first-order chi connectivity index (χ1) is 9.22. The predicted octanol–water partition coefficient (Wildman–Crippen LogP) is 3.80. The Labute approximate surface area is 114 Å². The third-order valence-electron chi connectivity index (χ3n) is 3.98. The van der Waals surface area contributed by atoms with Crippen molar-refractivity contribution in [2.45, 2.75) is 39.0 Å². The number of halogens is 1. The fourth-order valence-corrected chi connectivity index (χ4v) is 2.82. The first-order valence-corrected chi connectivity index (χ1v) is 7.24. The second-order valence-electron chi connectivity index (χ2n) is 5.27. The van der Waals surface area contributed by atoms with Gasteiger partial charge in [-0.3, -0.25) is 4.79 Å². The molecule has 1 fully saturated rings. The van der Waals surface area contributed by atoms with Gasteiger partial charge in [0.1, 0.15) is 5.82 Å². The molecule has 0 unspecified atom stereocenters. The van der Waals surface area contributed by atoms with E-state index in [1.807, 2.05) is 17.9 Å². The van der Waals surface area contributed by atoms with Crippen LogP contribution in [0.1, 0.15) is 39.0 Å². The Morgan fingerprint density at radius 3 is 2.58 bits per heavy atom. The molecule has 1 saturated carbocycles. The van der Waals surface area contributed by atoms with E-state index in [2.05, 4.69) is 0 Å². The Bertz CT molecular complexity index is 427. The topological polar surface area (TPSA) is 20.3 Å². The minimum atomic E-state index is -0.249. The minimum absolute atomic E-state index is 0.189. The van der Waals surface area contributed by atoms with Crippen LogP contribution in [-0.4, -0.2) is 18.9 Å². The molecular weight excluding hydrogens is 241 g/mol. The highest BCUT2D eigenvalue weighted by Crippen LogP contribution is 2.26. The summed E-state index contributed by atoms with van der Waals surface area (Å²) in [6, 6.07) is 6.68. The highest BCUT2D eigenvalue weighted by atomic mass is 19.1. The number of benzene rings is 1. The zero-order valence-electron chi connectivity index (χ0n) is 11.6. The van der Waals surface area contributed by atoms with Crippen molar-refractivity contribution in [3.63, 3.8) is 0 Å². The lowest BCUT2D eigenvalue weighted by Crippen LogP contribution is -2.34. The van der Waals surface area contributed by atoms with Gasteiger partial charge in [0, 0.05) is 12.5 Å². The molecule has 0 heterocycles. The molecule has 1 aromatic carbocycles. The van der Waals surface area contributed by atoms with E-state index in [0.29, 0.717) is 18.8 Å². The van der Waals surface area contributed by atoms with Crippen molar-refractivity contribution in [3.8, 4) is 0 Å². The highest BCUT2D eigenvalue weighted by molar-refractivity contribution is 5.85. The van der Waals surface area contributed by atoms with E-state index in [9.17, 15) is 9.18 Å². The standard InChI is InChI=1S/C16H22FNO/c1-2-18(15-11-7-6-10-14(15)17)12-16(19)13-8-4-3-5-9-13/h6-7,10-11,13H,2-5,8-9,12H2,1H3. The van der Waals surface area contributed by atoms with Crippen molar-refractivity contribution in [3.05, 3.63) is 30.1 Å². The van der Waals surface area contributed by atoms with Crippen LogP contribution in [-0.2, 0) is 4.79 Å². The number of anilines is 1. The van der Waals surface area contributed by atoms with Crippen molar-refractivity contribution in [1.29, 1.82) is 0 Å². The summed E-state index contributed by atoms with van der Waals surface area (Å²) in [7, 11) is 0. The molecule has 2 rings (SSSR count). The Kier molecular flexibility index (Phi) is 4.94. The quantitative estimate of drug-likeness (QED) is 0.805. The summed E-state index contributed by atoms with van der Waals surface area (Å²) in [6.07, 6.45) is 5.57. The van der Waals surface area contributed by atoms with Gasteiger partial charge in [-0.2, -0.15) is 0 Å². The zero-order chi connectivity index (χ0) is 13.7. The second kappa shape index (κ2) is 6.69. The van der Waals surface area contributed by atoms with Crippen LogP contribution in [0.4, 0.5) is 10.1 Å². The largest absolute Gasteiger partial charge is 0.362 e. The SMILES string of the molecule is CCN(CC(=O)C1CCCCC1)c1ccccc1F. The van der Waals surface area contributed by atoms with Crippen LogP contribution in [0, 0.1) is 11.7 Å². The summed E-state index contributed by atoms with van der Waals surface area (Å²) in [5, 5.41) is 0. The fourth-order valence-electron chi connectivity index (χ4n) is 2.82. The predicted molar refractivity (Wildman–Crippen MR) is 75.9 cm³/mol. The fraction of sp³-hybridized carbons (Fsp3) is 0.562. The lowest BCUT2D eigenvalue weighted by Gasteiger charge is -2.27. The smallest absolute Gasteiger partial charge is 0.155 e. The second-order valence-corrected chi connectivity index (χ2v) is 5.27. The van der Waals surface area contributed by atoms with Gasteiger partial charge in [-0.25, -0.2) is 4.39 Å². The molecule has 0 amide bonds. The van der Waals surface area contributed by atoms with Crippen molar-refractivity contribution < 1.29 is 9.18 Å². The third-order valence-corrected chi connectivity index (χ3v) is 3.98. The molecule has 0 N–H and O–H groups in total. The Balaban J connectivity index is 2.02. The number of likely N-dealkylation sites (N-methyl/N-ethyl adjacent to an activating group) is 1. The van der Waals surface area contributed by atoms with Crippen LogP contribution in [0.25, 0.3) is 0 Å². The number of hydrogen-bond donors (Lipinski definition) is 0. The van der Waals surface area contributed by atoms with E-state index < -0.39 is 0 Å².